The van der Waals surface area contributed by atoms with Crippen LogP contribution in [0.4, 0.5) is 4.79 Å². The van der Waals surface area contributed by atoms with Crippen LogP contribution in [-0.2, 0) is 25.6 Å². The van der Waals surface area contributed by atoms with E-state index < -0.39 is 23.2 Å². The largest absolute Gasteiger partial charge is 0.467 e. The van der Waals surface area contributed by atoms with E-state index in [-0.39, 0.29) is 6.61 Å². The standard InChI is InChI=1S/C17H25NO5/c1-16(2,3)23-15(20)18-17(4,14(19)21-5)12-22-11-13-9-7-6-8-10-13/h6-10H,11-12H2,1-5H3,(H,18,20). The van der Waals surface area contributed by atoms with Gasteiger partial charge in [-0.1, -0.05) is 30.3 Å². The smallest absolute Gasteiger partial charge is 0.408 e. The van der Waals surface area contributed by atoms with Crippen molar-refractivity contribution in [3.63, 3.8) is 0 Å². The highest BCUT2D eigenvalue weighted by Crippen LogP contribution is 2.13. The van der Waals surface area contributed by atoms with Crippen molar-refractivity contribution >= 4 is 12.1 Å². The maximum Gasteiger partial charge on any atom is 0.408 e. The van der Waals surface area contributed by atoms with Crippen molar-refractivity contribution in [2.75, 3.05) is 13.7 Å². The molecular formula is C17H25NO5. The predicted molar refractivity (Wildman–Crippen MR) is 85.9 cm³/mol. The fourth-order valence-electron chi connectivity index (χ4n) is 1.85. The van der Waals surface area contributed by atoms with Crippen molar-refractivity contribution in [3.8, 4) is 0 Å². The first kappa shape index (κ1) is 19.0. The van der Waals surface area contributed by atoms with E-state index in [4.69, 9.17) is 14.2 Å². The van der Waals surface area contributed by atoms with Crippen LogP contribution >= 0.6 is 0 Å². The molecule has 1 rings (SSSR count). The molecule has 0 aromatic heterocycles. The van der Waals surface area contributed by atoms with Gasteiger partial charge in [0, 0.05) is 0 Å². The van der Waals surface area contributed by atoms with Gasteiger partial charge in [0.05, 0.1) is 20.3 Å². The molecule has 0 saturated heterocycles. The number of esters is 1. The second-order valence-electron chi connectivity index (χ2n) is 6.43. The number of benzene rings is 1. The zero-order valence-electron chi connectivity index (χ0n) is 14.3. The third-order valence-electron chi connectivity index (χ3n) is 2.92. The Kier molecular flexibility index (Phi) is 6.57. The Bertz CT molecular complexity index is 524. The number of hydrogen-bond donors (Lipinski definition) is 1. The minimum absolute atomic E-state index is 0.0339. The third kappa shape index (κ3) is 6.69. The predicted octanol–water partition coefficient (Wildman–Crippen LogP) is 2.66. The molecule has 0 aliphatic rings. The monoisotopic (exact) mass is 323 g/mol. The van der Waals surface area contributed by atoms with Crippen molar-refractivity contribution in [1.82, 2.24) is 5.32 Å². The van der Waals surface area contributed by atoms with Crippen LogP contribution in [0.3, 0.4) is 0 Å². The number of rotatable bonds is 6. The summed E-state index contributed by atoms with van der Waals surface area (Å²) in [6.45, 7) is 7.06. The minimum atomic E-state index is -1.33. The molecule has 0 bridgehead atoms. The molecule has 0 spiro atoms. The van der Waals surface area contributed by atoms with Crippen molar-refractivity contribution in [2.24, 2.45) is 0 Å². The van der Waals surface area contributed by atoms with Gasteiger partial charge in [-0.2, -0.15) is 0 Å². The molecule has 1 N–H and O–H groups in total. The molecule has 1 aromatic rings. The Hall–Kier alpha value is -2.08. The molecule has 0 fully saturated rings. The van der Waals surface area contributed by atoms with Crippen LogP contribution < -0.4 is 5.32 Å². The summed E-state index contributed by atoms with van der Waals surface area (Å²) < 4.78 is 15.5. The normalized spacial score (nSPS) is 13.8. The van der Waals surface area contributed by atoms with Gasteiger partial charge in [0.1, 0.15) is 5.60 Å². The molecule has 0 saturated carbocycles. The van der Waals surface area contributed by atoms with Crippen LogP contribution in [0.1, 0.15) is 33.3 Å². The van der Waals surface area contributed by atoms with Crippen LogP contribution in [0.2, 0.25) is 0 Å². The lowest BCUT2D eigenvalue weighted by Gasteiger charge is -2.29. The number of carbonyl (C=O) groups excluding carboxylic acids is 2. The molecule has 6 nitrogen and oxygen atoms in total. The van der Waals surface area contributed by atoms with Crippen LogP contribution in [0.5, 0.6) is 0 Å². The first-order chi connectivity index (χ1) is 10.7. The summed E-state index contributed by atoms with van der Waals surface area (Å²) in [4.78, 5) is 23.9. The minimum Gasteiger partial charge on any atom is -0.467 e. The summed E-state index contributed by atoms with van der Waals surface area (Å²) in [5, 5.41) is 2.53. The van der Waals surface area contributed by atoms with Gasteiger partial charge >= 0.3 is 12.1 Å². The summed E-state index contributed by atoms with van der Waals surface area (Å²) in [5.41, 5.74) is -1.02. The Balaban J connectivity index is 2.66. The number of methoxy groups -OCH3 is 1. The van der Waals surface area contributed by atoms with E-state index in [1.807, 2.05) is 30.3 Å². The molecule has 0 radical (unpaired) electrons. The molecule has 6 heteroatoms. The molecule has 1 unspecified atom stereocenters. The van der Waals surface area contributed by atoms with Gasteiger partial charge in [0.25, 0.3) is 0 Å². The van der Waals surface area contributed by atoms with Gasteiger partial charge in [-0.25, -0.2) is 9.59 Å². The van der Waals surface area contributed by atoms with Crippen molar-refractivity contribution in [2.45, 2.75) is 45.4 Å². The van der Waals surface area contributed by atoms with Gasteiger partial charge in [-0.15, -0.1) is 0 Å². The Morgan fingerprint density at radius 1 is 1.09 bits per heavy atom. The van der Waals surface area contributed by atoms with Crippen molar-refractivity contribution < 1.29 is 23.8 Å². The lowest BCUT2D eigenvalue weighted by atomic mass is 10.0. The summed E-state index contributed by atoms with van der Waals surface area (Å²) in [5.74, 6) is -0.601. The number of ether oxygens (including phenoxy) is 3. The quantitative estimate of drug-likeness (QED) is 0.815. The van der Waals surface area contributed by atoms with Crippen LogP contribution in [0.15, 0.2) is 30.3 Å². The van der Waals surface area contributed by atoms with Gasteiger partial charge in [0.15, 0.2) is 5.54 Å². The summed E-state index contributed by atoms with van der Waals surface area (Å²) in [6.07, 6.45) is -0.700. The van der Waals surface area contributed by atoms with Gasteiger partial charge in [-0.05, 0) is 33.3 Å². The van der Waals surface area contributed by atoms with Crippen molar-refractivity contribution in [1.29, 1.82) is 0 Å². The van der Waals surface area contributed by atoms with E-state index in [9.17, 15) is 9.59 Å². The topological polar surface area (TPSA) is 73.9 Å². The molecular weight excluding hydrogens is 298 g/mol. The summed E-state index contributed by atoms with van der Waals surface area (Å²) >= 11 is 0. The molecule has 1 amide bonds. The van der Waals surface area contributed by atoms with Gasteiger partial charge < -0.3 is 19.5 Å². The average molecular weight is 323 g/mol. The second kappa shape index (κ2) is 7.97. The Morgan fingerprint density at radius 2 is 1.70 bits per heavy atom. The van der Waals surface area contributed by atoms with E-state index >= 15 is 0 Å². The second-order valence-corrected chi connectivity index (χ2v) is 6.43. The third-order valence-corrected chi connectivity index (χ3v) is 2.92. The Labute approximate surface area is 137 Å². The first-order valence-corrected chi connectivity index (χ1v) is 7.37. The number of carbonyl (C=O) groups is 2. The zero-order chi connectivity index (χ0) is 17.5. The number of amides is 1. The van der Waals surface area contributed by atoms with Crippen LogP contribution in [0.25, 0.3) is 0 Å². The lowest BCUT2D eigenvalue weighted by molar-refractivity contribution is -0.150. The summed E-state index contributed by atoms with van der Waals surface area (Å²) in [6, 6.07) is 9.54. The zero-order valence-corrected chi connectivity index (χ0v) is 14.3. The molecule has 0 heterocycles. The maximum atomic E-state index is 12.0. The number of alkyl carbamates (subject to hydrolysis) is 1. The van der Waals surface area contributed by atoms with E-state index in [0.717, 1.165) is 5.56 Å². The first-order valence-electron chi connectivity index (χ1n) is 7.37. The SMILES string of the molecule is COC(=O)C(C)(COCc1ccccc1)NC(=O)OC(C)(C)C. The molecule has 1 atom stereocenters. The average Bonchev–Trinajstić information content (AvgIpc) is 2.45. The maximum absolute atomic E-state index is 12.0. The highest BCUT2D eigenvalue weighted by molar-refractivity contribution is 5.85. The number of nitrogens with one attached hydrogen (secondary N) is 1. The molecule has 128 valence electrons. The van der Waals surface area contributed by atoms with Crippen LogP contribution in [0, 0.1) is 0 Å². The number of hydrogen-bond acceptors (Lipinski definition) is 5. The molecule has 0 aliphatic heterocycles. The van der Waals surface area contributed by atoms with E-state index in [2.05, 4.69) is 5.32 Å². The highest BCUT2D eigenvalue weighted by Gasteiger charge is 2.38. The summed E-state index contributed by atoms with van der Waals surface area (Å²) in [7, 11) is 1.26. The fraction of sp³-hybridized carbons (Fsp3) is 0.529. The molecule has 0 aliphatic carbocycles. The van der Waals surface area contributed by atoms with E-state index in [0.29, 0.717) is 6.61 Å². The lowest BCUT2D eigenvalue weighted by Crippen LogP contribution is -2.56. The van der Waals surface area contributed by atoms with E-state index in [1.165, 1.54) is 14.0 Å². The molecule has 23 heavy (non-hydrogen) atoms. The van der Waals surface area contributed by atoms with Gasteiger partial charge in [-0.3, -0.25) is 0 Å². The fourth-order valence-corrected chi connectivity index (χ4v) is 1.85. The van der Waals surface area contributed by atoms with E-state index in [1.54, 1.807) is 20.8 Å². The van der Waals surface area contributed by atoms with Crippen LogP contribution in [-0.4, -0.2) is 36.9 Å². The molecule has 1 aromatic carbocycles. The van der Waals surface area contributed by atoms with Gasteiger partial charge in [0.2, 0.25) is 0 Å². The highest BCUT2D eigenvalue weighted by atomic mass is 16.6. The van der Waals surface area contributed by atoms with Crippen molar-refractivity contribution in [3.05, 3.63) is 35.9 Å². The Morgan fingerprint density at radius 3 is 2.22 bits per heavy atom.